The maximum atomic E-state index is 12.7. The van der Waals surface area contributed by atoms with Crippen LogP contribution in [0.1, 0.15) is 51.6 Å². The fourth-order valence-electron chi connectivity index (χ4n) is 3.90. The Hall–Kier alpha value is -3.48. The predicted octanol–water partition coefficient (Wildman–Crippen LogP) is 3.96. The molecule has 0 fully saturated rings. The summed E-state index contributed by atoms with van der Waals surface area (Å²) in [4.78, 5) is 23.3. The molecule has 4 rings (SSSR count). The quantitative estimate of drug-likeness (QED) is 0.527. The topological polar surface area (TPSA) is 90.1 Å². The molecule has 1 aliphatic carbocycles. The van der Waals surface area contributed by atoms with Crippen LogP contribution in [0.5, 0.6) is 0 Å². The number of fused-ring (bicyclic) bond motifs is 1. The molecular weight excluding hydrogens is 368 g/mol. The van der Waals surface area contributed by atoms with E-state index in [2.05, 4.69) is 22.5 Å². The van der Waals surface area contributed by atoms with Crippen molar-refractivity contribution in [2.75, 3.05) is 0 Å². The third-order valence-corrected chi connectivity index (χ3v) is 5.40. The number of amides is 1. The monoisotopic (exact) mass is 390 g/mol. The Bertz CT molecular complexity index is 1060. The van der Waals surface area contributed by atoms with Gasteiger partial charge in [0, 0.05) is 28.5 Å². The molecule has 148 valence electrons. The minimum absolute atomic E-state index is 0.0173. The number of aryl methyl sites for hydroxylation is 1. The Morgan fingerprint density at radius 3 is 2.79 bits per heavy atom. The molecule has 0 spiro atoms. The molecule has 2 aromatic carbocycles. The van der Waals surface area contributed by atoms with Gasteiger partial charge in [0.25, 0.3) is 11.6 Å². The normalized spacial score (nSPS) is 15.6. The van der Waals surface area contributed by atoms with Crippen molar-refractivity contribution in [3.8, 4) is 0 Å². The molecule has 0 saturated heterocycles. The van der Waals surface area contributed by atoms with E-state index in [1.165, 1.54) is 17.7 Å². The third-order valence-electron chi connectivity index (χ3n) is 5.40. The Morgan fingerprint density at radius 1 is 1.28 bits per heavy atom. The molecule has 1 amide bonds. The Kier molecular flexibility index (Phi) is 5.12. The second-order valence-corrected chi connectivity index (χ2v) is 7.37. The van der Waals surface area contributed by atoms with E-state index in [1.807, 2.05) is 29.1 Å². The van der Waals surface area contributed by atoms with E-state index in [0.717, 1.165) is 30.5 Å². The van der Waals surface area contributed by atoms with Crippen LogP contribution in [0.25, 0.3) is 0 Å². The highest BCUT2D eigenvalue weighted by Gasteiger charge is 2.26. The molecule has 1 N–H and O–H groups in total. The number of carbonyl (C=O) groups excluding carboxylic acids is 1. The minimum atomic E-state index is -0.439. The van der Waals surface area contributed by atoms with E-state index in [0.29, 0.717) is 17.7 Å². The van der Waals surface area contributed by atoms with Gasteiger partial charge in [-0.05, 0) is 43.9 Å². The molecule has 3 aromatic rings. The van der Waals surface area contributed by atoms with Crippen molar-refractivity contribution >= 4 is 11.6 Å². The van der Waals surface area contributed by atoms with Gasteiger partial charge in [-0.2, -0.15) is 5.10 Å². The smallest absolute Gasteiger partial charge is 0.272 e. The summed E-state index contributed by atoms with van der Waals surface area (Å²) >= 11 is 0. The fraction of sp³-hybridized carbons (Fsp3) is 0.273. The summed E-state index contributed by atoms with van der Waals surface area (Å²) < 4.78 is 2.01. The first kappa shape index (κ1) is 18.9. The molecular formula is C22H22N4O3. The molecule has 1 aromatic heterocycles. The van der Waals surface area contributed by atoms with Crippen molar-refractivity contribution in [3.63, 3.8) is 0 Å². The summed E-state index contributed by atoms with van der Waals surface area (Å²) in [6.45, 7) is 2.35. The minimum Gasteiger partial charge on any atom is -0.345 e. The van der Waals surface area contributed by atoms with Crippen LogP contribution in [-0.2, 0) is 13.0 Å². The highest BCUT2D eigenvalue weighted by Crippen LogP contribution is 2.30. The number of hydrogen-bond donors (Lipinski definition) is 1. The van der Waals surface area contributed by atoms with Crippen LogP contribution in [0, 0.1) is 17.0 Å². The highest BCUT2D eigenvalue weighted by molar-refractivity contribution is 5.95. The Labute approximate surface area is 168 Å². The lowest BCUT2D eigenvalue weighted by Crippen LogP contribution is -2.31. The number of nitrogens with one attached hydrogen (secondary N) is 1. The van der Waals surface area contributed by atoms with Gasteiger partial charge in [-0.25, -0.2) is 0 Å². The van der Waals surface area contributed by atoms with Crippen molar-refractivity contribution in [1.29, 1.82) is 0 Å². The van der Waals surface area contributed by atoms with Crippen LogP contribution in [0.4, 0.5) is 5.69 Å². The zero-order valence-corrected chi connectivity index (χ0v) is 16.2. The lowest BCUT2D eigenvalue weighted by molar-refractivity contribution is -0.385. The lowest BCUT2D eigenvalue weighted by atomic mass is 9.92. The standard InChI is InChI=1S/C22H22N4O3/c1-15-12-17(10-11-20(15)26(28)29)22(27)24-19-8-5-9-21-18(19)13-23-25(21)14-16-6-3-2-4-7-16/h2-4,6-7,10-13,19H,5,8-9,14H2,1H3,(H,24,27)/t19-/m0/s1. The number of benzene rings is 2. The summed E-state index contributed by atoms with van der Waals surface area (Å²) in [5, 5.41) is 18.6. The average Bonchev–Trinajstić information content (AvgIpc) is 3.12. The first-order chi connectivity index (χ1) is 14.0. The molecule has 1 heterocycles. The van der Waals surface area contributed by atoms with Crippen LogP contribution in [0.15, 0.2) is 54.7 Å². The number of rotatable bonds is 5. The zero-order valence-electron chi connectivity index (χ0n) is 16.2. The summed E-state index contributed by atoms with van der Waals surface area (Å²) in [5.74, 6) is -0.225. The SMILES string of the molecule is Cc1cc(C(=O)N[C@H]2CCCc3c2cnn3Cc2ccccc2)ccc1[N+](=O)[O-]. The number of nitrogens with zero attached hydrogens (tertiary/aromatic N) is 3. The van der Waals surface area contributed by atoms with Gasteiger partial charge < -0.3 is 5.32 Å². The van der Waals surface area contributed by atoms with Gasteiger partial charge in [-0.1, -0.05) is 30.3 Å². The van der Waals surface area contributed by atoms with Crippen molar-refractivity contribution in [2.45, 2.75) is 38.8 Å². The van der Waals surface area contributed by atoms with Crippen molar-refractivity contribution < 1.29 is 9.72 Å². The van der Waals surface area contributed by atoms with Crippen molar-refractivity contribution in [1.82, 2.24) is 15.1 Å². The van der Waals surface area contributed by atoms with Gasteiger partial charge in [0.2, 0.25) is 0 Å². The lowest BCUT2D eigenvalue weighted by Gasteiger charge is -2.24. The number of aromatic nitrogens is 2. The van der Waals surface area contributed by atoms with Gasteiger partial charge in [0.05, 0.1) is 23.7 Å². The van der Waals surface area contributed by atoms with E-state index in [1.54, 1.807) is 13.0 Å². The zero-order chi connectivity index (χ0) is 20.4. The fourth-order valence-corrected chi connectivity index (χ4v) is 3.90. The molecule has 1 atom stereocenters. The van der Waals surface area contributed by atoms with E-state index < -0.39 is 4.92 Å². The first-order valence-electron chi connectivity index (χ1n) is 9.67. The predicted molar refractivity (Wildman–Crippen MR) is 109 cm³/mol. The molecule has 7 heteroatoms. The van der Waals surface area contributed by atoms with E-state index in [4.69, 9.17) is 0 Å². The van der Waals surface area contributed by atoms with Crippen molar-refractivity contribution in [2.24, 2.45) is 0 Å². The molecule has 7 nitrogen and oxygen atoms in total. The molecule has 0 aliphatic heterocycles. The Morgan fingerprint density at radius 2 is 2.07 bits per heavy atom. The van der Waals surface area contributed by atoms with Gasteiger partial charge in [0.15, 0.2) is 0 Å². The summed E-state index contributed by atoms with van der Waals surface area (Å²) in [6.07, 6.45) is 4.61. The van der Waals surface area contributed by atoms with Crippen LogP contribution < -0.4 is 5.32 Å². The molecule has 1 aliphatic rings. The second-order valence-electron chi connectivity index (χ2n) is 7.37. The van der Waals surface area contributed by atoms with Crippen molar-refractivity contribution in [3.05, 3.63) is 92.8 Å². The van der Waals surface area contributed by atoms with Gasteiger partial charge in [-0.15, -0.1) is 0 Å². The summed E-state index contributed by atoms with van der Waals surface area (Å²) in [6, 6.07) is 14.5. The van der Waals surface area contributed by atoms with Gasteiger partial charge >= 0.3 is 0 Å². The third kappa shape index (κ3) is 3.89. The number of nitro groups is 1. The first-order valence-corrected chi connectivity index (χ1v) is 9.67. The maximum Gasteiger partial charge on any atom is 0.272 e. The summed E-state index contributed by atoms with van der Waals surface area (Å²) in [5.41, 5.74) is 4.32. The van der Waals surface area contributed by atoms with E-state index >= 15 is 0 Å². The van der Waals surface area contributed by atoms with E-state index in [9.17, 15) is 14.9 Å². The maximum absolute atomic E-state index is 12.7. The van der Waals surface area contributed by atoms with Gasteiger partial charge in [-0.3, -0.25) is 19.6 Å². The molecule has 0 unspecified atom stereocenters. The summed E-state index contributed by atoms with van der Waals surface area (Å²) in [7, 11) is 0. The largest absolute Gasteiger partial charge is 0.345 e. The van der Waals surface area contributed by atoms with Gasteiger partial charge in [0.1, 0.15) is 0 Å². The van der Waals surface area contributed by atoms with Crippen LogP contribution in [0.2, 0.25) is 0 Å². The molecule has 0 saturated carbocycles. The highest BCUT2D eigenvalue weighted by atomic mass is 16.6. The number of carbonyl (C=O) groups is 1. The van der Waals surface area contributed by atoms with Crippen LogP contribution in [-0.4, -0.2) is 20.6 Å². The van der Waals surface area contributed by atoms with Crippen LogP contribution >= 0.6 is 0 Å². The van der Waals surface area contributed by atoms with E-state index in [-0.39, 0.29) is 17.6 Å². The molecule has 0 radical (unpaired) electrons. The molecule has 29 heavy (non-hydrogen) atoms. The number of nitro benzene ring substituents is 1. The Balaban J connectivity index is 1.52. The number of hydrogen-bond acceptors (Lipinski definition) is 4. The molecule has 0 bridgehead atoms. The second kappa shape index (κ2) is 7.87. The van der Waals surface area contributed by atoms with Crippen LogP contribution in [0.3, 0.4) is 0 Å². The average molecular weight is 390 g/mol.